The molecule has 4 rings (SSSR count). The van der Waals surface area contributed by atoms with Gasteiger partial charge >= 0.3 is 0 Å². The van der Waals surface area contributed by atoms with Crippen molar-refractivity contribution >= 4 is 26.5 Å². The van der Waals surface area contributed by atoms with Crippen molar-refractivity contribution in [3.63, 3.8) is 0 Å². The summed E-state index contributed by atoms with van der Waals surface area (Å²) in [6.45, 7) is 3.35. The third-order valence-electron chi connectivity index (χ3n) is 5.12. The van der Waals surface area contributed by atoms with Crippen molar-refractivity contribution < 1.29 is 17.2 Å². The number of aryl methyl sites for hydroxylation is 1. The van der Waals surface area contributed by atoms with Gasteiger partial charge in [-0.2, -0.15) is 0 Å². The zero-order valence-electron chi connectivity index (χ0n) is 15.6. The highest BCUT2D eigenvalue weighted by Gasteiger charge is 2.26. The first-order chi connectivity index (χ1) is 13.3. The Morgan fingerprint density at radius 1 is 1.07 bits per heavy atom. The van der Waals surface area contributed by atoms with E-state index < -0.39 is 21.7 Å². The van der Waals surface area contributed by atoms with Crippen LogP contribution in [0.1, 0.15) is 17.5 Å². The molecular formula is C21H20F2N2O2S. The molecule has 1 aliphatic rings. The molecule has 3 aromatic rings. The van der Waals surface area contributed by atoms with Gasteiger partial charge in [0, 0.05) is 36.3 Å². The van der Waals surface area contributed by atoms with E-state index in [-0.39, 0.29) is 15.8 Å². The zero-order chi connectivity index (χ0) is 20.1. The number of aromatic nitrogens is 1. The molecule has 0 saturated heterocycles. The lowest BCUT2D eigenvalue weighted by molar-refractivity contribution is 0.370. The first kappa shape index (κ1) is 18.8. The fourth-order valence-corrected chi connectivity index (χ4v) is 4.91. The molecule has 0 N–H and O–H groups in total. The van der Waals surface area contributed by atoms with E-state index in [1.807, 2.05) is 20.0 Å². The molecule has 28 heavy (non-hydrogen) atoms. The van der Waals surface area contributed by atoms with Crippen LogP contribution in [0.3, 0.4) is 0 Å². The van der Waals surface area contributed by atoms with Gasteiger partial charge in [0.2, 0.25) is 0 Å². The van der Waals surface area contributed by atoms with E-state index >= 15 is 0 Å². The smallest absolute Gasteiger partial charge is 0.268 e. The topological polar surface area (TPSA) is 42.3 Å². The Morgan fingerprint density at radius 2 is 1.79 bits per heavy atom. The van der Waals surface area contributed by atoms with Gasteiger partial charge in [-0.15, -0.1) is 0 Å². The van der Waals surface area contributed by atoms with Gasteiger partial charge in [0.05, 0.1) is 4.90 Å². The van der Waals surface area contributed by atoms with Gasteiger partial charge in [-0.3, -0.25) is 0 Å². The molecule has 2 heterocycles. The van der Waals surface area contributed by atoms with Crippen LogP contribution in [0.4, 0.5) is 8.78 Å². The summed E-state index contributed by atoms with van der Waals surface area (Å²) in [5.74, 6) is -1.63. The summed E-state index contributed by atoms with van der Waals surface area (Å²) >= 11 is 0. The second-order valence-electron chi connectivity index (χ2n) is 7.18. The molecule has 0 spiro atoms. The molecule has 146 valence electrons. The highest BCUT2D eigenvalue weighted by Crippen LogP contribution is 2.34. The van der Waals surface area contributed by atoms with Gasteiger partial charge in [0.1, 0.15) is 11.3 Å². The average molecular weight is 402 g/mol. The van der Waals surface area contributed by atoms with Gasteiger partial charge in [0.15, 0.2) is 5.82 Å². The van der Waals surface area contributed by atoms with Crippen molar-refractivity contribution in [3.05, 3.63) is 71.4 Å². The molecule has 7 heteroatoms. The number of hydrogen-bond donors (Lipinski definition) is 0. The lowest BCUT2D eigenvalue weighted by Gasteiger charge is -2.21. The van der Waals surface area contributed by atoms with Crippen LogP contribution in [0.15, 0.2) is 53.6 Å². The van der Waals surface area contributed by atoms with Crippen LogP contribution >= 0.6 is 0 Å². The molecule has 2 aromatic carbocycles. The Bertz CT molecular complexity index is 1200. The second kappa shape index (κ2) is 6.83. The van der Waals surface area contributed by atoms with E-state index in [4.69, 9.17) is 0 Å². The maximum atomic E-state index is 14.7. The van der Waals surface area contributed by atoms with E-state index in [2.05, 4.69) is 4.90 Å². The number of hydrogen-bond acceptors (Lipinski definition) is 3. The Labute approximate surface area is 162 Å². The predicted octanol–water partition coefficient (Wildman–Crippen LogP) is 4.18. The van der Waals surface area contributed by atoms with Crippen molar-refractivity contribution in [1.82, 2.24) is 8.87 Å². The maximum Gasteiger partial charge on any atom is 0.268 e. The lowest BCUT2D eigenvalue weighted by atomic mass is 9.99. The van der Waals surface area contributed by atoms with E-state index in [1.165, 1.54) is 24.4 Å². The average Bonchev–Trinajstić information content (AvgIpc) is 3.03. The van der Waals surface area contributed by atoms with Gasteiger partial charge < -0.3 is 4.90 Å². The lowest BCUT2D eigenvalue weighted by Crippen LogP contribution is -2.23. The molecule has 0 saturated carbocycles. The van der Waals surface area contributed by atoms with Gasteiger partial charge in [-0.05, 0) is 44.2 Å². The monoisotopic (exact) mass is 402 g/mol. The molecule has 0 unspecified atom stereocenters. The molecule has 1 aromatic heterocycles. The minimum atomic E-state index is -4.03. The van der Waals surface area contributed by atoms with E-state index in [9.17, 15) is 17.2 Å². The molecule has 4 nitrogen and oxygen atoms in total. The Balaban J connectivity index is 1.98. The standard InChI is InChI=1S/C21H20F2N2O2S/c1-14-3-5-17(6-4-14)28(26,27)25-13-19(15-7-9-24(2)10-8-15)18-11-16(22)12-20(23)21(18)25/h3-7,11-13H,8-10H2,1-2H3. The highest BCUT2D eigenvalue weighted by atomic mass is 32.2. The van der Waals surface area contributed by atoms with Gasteiger partial charge in [0.25, 0.3) is 10.0 Å². The van der Waals surface area contributed by atoms with Crippen LogP contribution in [-0.2, 0) is 10.0 Å². The number of likely N-dealkylation sites (N-methyl/N-ethyl adjacent to an activating group) is 1. The molecule has 0 fully saturated rings. The summed E-state index contributed by atoms with van der Waals surface area (Å²) < 4.78 is 56.0. The zero-order valence-corrected chi connectivity index (χ0v) is 16.4. The molecule has 1 aliphatic heterocycles. The summed E-state index contributed by atoms with van der Waals surface area (Å²) in [7, 11) is -2.05. The molecular weight excluding hydrogens is 382 g/mol. The SMILES string of the molecule is Cc1ccc(S(=O)(=O)n2cc(C3=CCN(C)CC3)c3cc(F)cc(F)c32)cc1. The third kappa shape index (κ3) is 3.14. The van der Waals surface area contributed by atoms with E-state index in [0.29, 0.717) is 18.5 Å². The Morgan fingerprint density at radius 3 is 2.43 bits per heavy atom. The summed E-state index contributed by atoms with van der Waals surface area (Å²) in [4.78, 5) is 2.18. The fraction of sp³-hybridized carbons (Fsp3) is 0.238. The van der Waals surface area contributed by atoms with Crippen LogP contribution in [0.2, 0.25) is 0 Å². The highest BCUT2D eigenvalue weighted by molar-refractivity contribution is 7.90. The van der Waals surface area contributed by atoms with Crippen LogP contribution in [0.25, 0.3) is 16.5 Å². The number of halogens is 2. The summed E-state index contributed by atoms with van der Waals surface area (Å²) in [6.07, 6.45) is 4.07. The van der Waals surface area contributed by atoms with Crippen molar-refractivity contribution in [1.29, 1.82) is 0 Å². The van der Waals surface area contributed by atoms with E-state index in [1.54, 1.807) is 12.1 Å². The molecule has 0 atom stereocenters. The molecule has 0 bridgehead atoms. The normalized spacial score (nSPS) is 15.8. The summed E-state index contributed by atoms with van der Waals surface area (Å²) in [6, 6.07) is 8.28. The quantitative estimate of drug-likeness (QED) is 0.660. The largest absolute Gasteiger partial charge is 0.302 e. The van der Waals surface area contributed by atoms with Crippen molar-refractivity contribution in [2.75, 3.05) is 20.1 Å². The second-order valence-corrected chi connectivity index (χ2v) is 9.00. The minimum absolute atomic E-state index is 0.0580. The number of nitrogens with zero attached hydrogens (tertiary/aromatic N) is 2. The number of fused-ring (bicyclic) bond motifs is 1. The number of benzene rings is 2. The van der Waals surface area contributed by atoms with Gasteiger partial charge in [-0.25, -0.2) is 21.2 Å². The maximum absolute atomic E-state index is 14.7. The third-order valence-corrected chi connectivity index (χ3v) is 6.79. The first-order valence-corrected chi connectivity index (χ1v) is 10.4. The fourth-order valence-electron chi connectivity index (χ4n) is 3.53. The van der Waals surface area contributed by atoms with E-state index in [0.717, 1.165) is 27.7 Å². The van der Waals surface area contributed by atoms with Gasteiger partial charge in [-0.1, -0.05) is 23.8 Å². The van der Waals surface area contributed by atoms with Crippen LogP contribution < -0.4 is 0 Å². The summed E-state index contributed by atoms with van der Waals surface area (Å²) in [5, 5.41) is 0.268. The van der Waals surface area contributed by atoms with Crippen molar-refractivity contribution in [2.45, 2.75) is 18.2 Å². The summed E-state index contributed by atoms with van der Waals surface area (Å²) in [5.41, 5.74) is 2.24. The van der Waals surface area contributed by atoms with Crippen LogP contribution in [0.5, 0.6) is 0 Å². The van der Waals surface area contributed by atoms with Crippen LogP contribution in [0, 0.1) is 18.6 Å². The van der Waals surface area contributed by atoms with Crippen molar-refractivity contribution in [2.24, 2.45) is 0 Å². The minimum Gasteiger partial charge on any atom is -0.302 e. The Kier molecular flexibility index (Phi) is 4.59. The van der Waals surface area contributed by atoms with Crippen LogP contribution in [-0.4, -0.2) is 37.4 Å². The molecule has 0 amide bonds. The first-order valence-electron chi connectivity index (χ1n) is 8.97. The number of rotatable bonds is 3. The Hall–Kier alpha value is -2.51. The van der Waals surface area contributed by atoms with Crippen molar-refractivity contribution in [3.8, 4) is 0 Å². The molecule has 0 aliphatic carbocycles. The molecule has 0 radical (unpaired) electrons. The predicted molar refractivity (Wildman–Crippen MR) is 106 cm³/mol.